The largest absolute Gasteiger partial charge is 0.493 e. The highest BCUT2D eigenvalue weighted by molar-refractivity contribution is 5.65. The smallest absolute Gasteiger partial charge is 0.222 e. The number of halogens is 1. The Morgan fingerprint density at radius 2 is 2.25 bits per heavy atom. The van der Waals surface area contributed by atoms with E-state index in [-0.39, 0.29) is 11.7 Å². The Morgan fingerprint density at radius 3 is 3.00 bits per heavy atom. The molecule has 0 unspecified atom stereocenters. The van der Waals surface area contributed by atoms with E-state index in [9.17, 15) is 4.39 Å². The maximum atomic E-state index is 14.1. The number of nitrogen functional groups attached to an aromatic ring is 1. The van der Waals surface area contributed by atoms with Gasteiger partial charge < -0.3 is 15.0 Å². The summed E-state index contributed by atoms with van der Waals surface area (Å²) < 4.78 is 24.1. The lowest BCUT2D eigenvalue weighted by Gasteiger charge is -2.03. The normalized spacial score (nSPS) is 13.6. The first-order valence-electron chi connectivity index (χ1n) is 4.92. The summed E-state index contributed by atoms with van der Waals surface area (Å²) in [6.45, 7) is 0.524. The zero-order valence-corrected chi connectivity index (χ0v) is 8.37. The van der Waals surface area contributed by atoms with Gasteiger partial charge in [-0.2, -0.15) is 0 Å². The molecule has 16 heavy (non-hydrogen) atoms. The Labute approximate surface area is 90.8 Å². The summed E-state index contributed by atoms with van der Waals surface area (Å²) in [6, 6.07) is 4.86. The number of hydrogen-bond acceptors (Lipinski definition) is 4. The van der Waals surface area contributed by atoms with E-state index in [4.69, 9.17) is 15.0 Å². The minimum absolute atomic E-state index is 0.172. The van der Waals surface area contributed by atoms with E-state index in [0.29, 0.717) is 35.6 Å². The van der Waals surface area contributed by atoms with E-state index in [0.717, 1.165) is 0 Å². The second-order valence-electron chi connectivity index (χ2n) is 3.62. The molecule has 0 saturated carbocycles. The second kappa shape index (κ2) is 3.23. The van der Waals surface area contributed by atoms with Crippen molar-refractivity contribution in [3.05, 3.63) is 29.6 Å². The lowest BCUT2D eigenvalue weighted by atomic mass is 10.1. The summed E-state index contributed by atoms with van der Waals surface area (Å²) in [5.74, 6) is 0.479. The van der Waals surface area contributed by atoms with Gasteiger partial charge in [0, 0.05) is 23.6 Å². The lowest BCUT2D eigenvalue weighted by Crippen LogP contribution is -1.90. The van der Waals surface area contributed by atoms with Crippen molar-refractivity contribution in [3.8, 4) is 17.0 Å². The van der Waals surface area contributed by atoms with Crippen LogP contribution in [0.3, 0.4) is 0 Å². The van der Waals surface area contributed by atoms with Crippen molar-refractivity contribution < 1.29 is 13.7 Å². The molecule has 1 aromatic heterocycles. The van der Waals surface area contributed by atoms with Crippen molar-refractivity contribution in [3.63, 3.8) is 0 Å². The monoisotopic (exact) mass is 220 g/mol. The van der Waals surface area contributed by atoms with Crippen LogP contribution >= 0.6 is 0 Å². The fourth-order valence-corrected chi connectivity index (χ4v) is 1.85. The molecule has 0 fully saturated rings. The number of aromatic nitrogens is 1. The van der Waals surface area contributed by atoms with Crippen LogP contribution in [0.4, 0.5) is 10.3 Å². The van der Waals surface area contributed by atoms with E-state index in [1.165, 1.54) is 6.07 Å². The van der Waals surface area contributed by atoms with Crippen LogP contribution < -0.4 is 10.5 Å². The van der Waals surface area contributed by atoms with Gasteiger partial charge in [0.2, 0.25) is 5.88 Å². The number of benzene rings is 1. The number of hydrogen-bond donors (Lipinski definition) is 1. The van der Waals surface area contributed by atoms with E-state index in [1.54, 1.807) is 12.1 Å². The molecule has 0 radical (unpaired) electrons. The molecular formula is C11H9FN2O2. The van der Waals surface area contributed by atoms with Gasteiger partial charge in [0.05, 0.1) is 6.61 Å². The molecule has 0 amide bonds. The maximum Gasteiger partial charge on any atom is 0.222 e. The molecule has 0 aliphatic carbocycles. The summed E-state index contributed by atoms with van der Waals surface area (Å²) >= 11 is 0. The van der Waals surface area contributed by atoms with Gasteiger partial charge in [0.25, 0.3) is 0 Å². The minimum atomic E-state index is -0.302. The Bertz CT molecular complexity index is 551. The quantitative estimate of drug-likeness (QED) is 0.798. The number of fused-ring (bicyclic) bond motifs is 1. The van der Waals surface area contributed by atoms with Crippen molar-refractivity contribution in [2.75, 3.05) is 12.3 Å². The molecule has 2 aromatic rings. The van der Waals surface area contributed by atoms with Crippen LogP contribution in [0.1, 0.15) is 5.56 Å². The van der Waals surface area contributed by atoms with E-state index >= 15 is 0 Å². The summed E-state index contributed by atoms with van der Waals surface area (Å²) in [4.78, 5) is 0. The van der Waals surface area contributed by atoms with Crippen molar-refractivity contribution in [2.45, 2.75) is 6.42 Å². The van der Waals surface area contributed by atoms with Gasteiger partial charge >= 0.3 is 0 Å². The van der Waals surface area contributed by atoms with E-state index in [2.05, 4.69) is 5.16 Å². The van der Waals surface area contributed by atoms with Crippen LogP contribution in [-0.2, 0) is 6.42 Å². The van der Waals surface area contributed by atoms with E-state index < -0.39 is 0 Å². The molecule has 5 heteroatoms. The third kappa shape index (κ3) is 1.25. The Morgan fingerprint density at radius 1 is 1.38 bits per heavy atom. The fourth-order valence-electron chi connectivity index (χ4n) is 1.85. The van der Waals surface area contributed by atoms with Crippen LogP contribution in [0.25, 0.3) is 11.3 Å². The zero-order valence-electron chi connectivity index (χ0n) is 8.37. The minimum Gasteiger partial charge on any atom is -0.493 e. The summed E-state index contributed by atoms with van der Waals surface area (Å²) in [5.41, 5.74) is 6.80. The van der Waals surface area contributed by atoms with Gasteiger partial charge in [-0.3, -0.25) is 0 Å². The lowest BCUT2D eigenvalue weighted by molar-refractivity contribution is 0.357. The molecule has 3 rings (SSSR count). The Hall–Kier alpha value is -2.04. The fraction of sp³-hybridized carbons (Fsp3) is 0.182. The first-order valence-corrected chi connectivity index (χ1v) is 4.92. The number of nitrogens with two attached hydrogens (primary N) is 1. The van der Waals surface area contributed by atoms with Crippen LogP contribution in [0.15, 0.2) is 22.7 Å². The SMILES string of the molecule is Nc1cc(-c2ccc3c(c2F)CCO3)no1. The number of nitrogens with zero attached hydrogens (tertiary/aromatic N) is 1. The van der Waals surface area contributed by atoms with E-state index in [1.807, 2.05) is 0 Å². The molecule has 1 aliphatic rings. The predicted molar refractivity (Wildman–Crippen MR) is 55.5 cm³/mol. The van der Waals surface area contributed by atoms with Gasteiger partial charge in [-0.15, -0.1) is 0 Å². The van der Waals surface area contributed by atoms with Gasteiger partial charge in [-0.25, -0.2) is 4.39 Å². The van der Waals surface area contributed by atoms with Crippen molar-refractivity contribution in [2.24, 2.45) is 0 Å². The van der Waals surface area contributed by atoms with Gasteiger partial charge in [-0.05, 0) is 12.1 Å². The van der Waals surface area contributed by atoms with Crippen LogP contribution in [0.5, 0.6) is 5.75 Å². The molecule has 1 aromatic carbocycles. The number of ether oxygens (including phenoxy) is 1. The highest BCUT2D eigenvalue weighted by atomic mass is 19.1. The number of anilines is 1. The van der Waals surface area contributed by atoms with Crippen LogP contribution in [0.2, 0.25) is 0 Å². The average molecular weight is 220 g/mol. The van der Waals surface area contributed by atoms with Crippen molar-refractivity contribution in [1.82, 2.24) is 5.16 Å². The van der Waals surface area contributed by atoms with Crippen molar-refractivity contribution >= 4 is 5.88 Å². The first kappa shape index (κ1) is 9.21. The third-order valence-corrected chi connectivity index (χ3v) is 2.61. The second-order valence-corrected chi connectivity index (χ2v) is 3.62. The average Bonchev–Trinajstić information content (AvgIpc) is 2.87. The van der Waals surface area contributed by atoms with Gasteiger partial charge in [0.1, 0.15) is 17.3 Å². The first-order chi connectivity index (χ1) is 7.75. The molecule has 2 N–H and O–H groups in total. The molecule has 0 saturated heterocycles. The third-order valence-electron chi connectivity index (χ3n) is 2.61. The molecule has 1 aliphatic heterocycles. The van der Waals surface area contributed by atoms with Crippen LogP contribution in [0, 0.1) is 5.82 Å². The van der Waals surface area contributed by atoms with Crippen LogP contribution in [-0.4, -0.2) is 11.8 Å². The number of rotatable bonds is 1. The molecule has 82 valence electrons. The highest BCUT2D eigenvalue weighted by Crippen LogP contribution is 2.34. The topological polar surface area (TPSA) is 61.3 Å². The standard InChI is InChI=1S/C11H9FN2O2/c12-11-6(8-5-10(13)16-14-8)1-2-9-7(11)3-4-15-9/h1-2,5H,3-4,13H2. The molecule has 0 bridgehead atoms. The zero-order chi connectivity index (χ0) is 11.1. The maximum absolute atomic E-state index is 14.1. The predicted octanol–water partition coefficient (Wildman–Crippen LogP) is 2.00. The molecule has 2 heterocycles. The summed E-state index contributed by atoms with van der Waals surface area (Å²) in [6.07, 6.45) is 0.586. The Kier molecular flexibility index (Phi) is 1.86. The molecule has 4 nitrogen and oxygen atoms in total. The summed E-state index contributed by atoms with van der Waals surface area (Å²) in [5, 5.41) is 3.69. The Balaban J connectivity index is 2.15. The highest BCUT2D eigenvalue weighted by Gasteiger charge is 2.21. The van der Waals surface area contributed by atoms with Gasteiger partial charge in [0.15, 0.2) is 0 Å². The van der Waals surface area contributed by atoms with Gasteiger partial charge in [-0.1, -0.05) is 5.16 Å². The molecule has 0 atom stereocenters. The summed E-state index contributed by atoms with van der Waals surface area (Å²) in [7, 11) is 0. The molecule has 0 spiro atoms. The van der Waals surface area contributed by atoms with Crippen molar-refractivity contribution in [1.29, 1.82) is 0 Å². The molecular weight excluding hydrogens is 211 g/mol.